The lowest BCUT2D eigenvalue weighted by Gasteiger charge is -2.21. The number of nitrogens with zero attached hydrogens (tertiary/aromatic N) is 2. The molecule has 7 heteroatoms. The Morgan fingerprint density at radius 2 is 2.00 bits per heavy atom. The lowest BCUT2D eigenvalue weighted by molar-refractivity contribution is -0.125. The van der Waals surface area contributed by atoms with Crippen LogP contribution in [0.4, 0.5) is 0 Å². The first-order chi connectivity index (χ1) is 8.97. The van der Waals surface area contributed by atoms with Crippen LogP contribution in [0, 0.1) is 5.92 Å². The molecule has 5 nitrogen and oxygen atoms in total. The monoisotopic (exact) mass is 318 g/mol. The summed E-state index contributed by atoms with van der Waals surface area (Å²) in [6, 6.07) is 0. The third kappa shape index (κ3) is 4.68. The fraction of sp³-hybridized carbons (Fsp3) is 0.769. The van der Waals surface area contributed by atoms with E-state index in [9.17, 15) is 4.79 Å². The van der Waals surface area contributed by atoms with Gasteiger partial charge < -0.3 is 10.6 Å². The lowest BCUT2D eigenvalue weighted by atomic mass is 9.97. The number of carbonyl (C=O) groups is 1. The first-order valence-electron chi connectivity index (χ1n) is 6.78. The van der Waals surface area contributed by atoms with Gasteiger partial charge in [0.05, 0.1) is 6.54 Å². The third-order valence-corrected chi connectivity index (χ3v) is 4.58. The van der Waals surface area contributed by atoms with Crippen molar-refractivity contribution in [3.05, 3.63) is 10.0 Å². The molecule has 114 valence electrons. The minimum atomic E-state index is 0. The molecule has 1 aromatic rings. The second-order valence-electron chi connectivity index (χ2n) is 5.99. The highest BCUT2D eigenvalue weighted by molar-refractivity contribution is 7.11. The van der Waals surface area contributed by atoms with E-state index >= 15 is 0 Å². The maximum atomic E-state index is 12.0. The molecule has 0 radical (unpaired) electrons. The second kappa shape index (κ2) is 7.33. The summed E-state index contributed by atoms with van der Waals surface area (Å²) in [6.07, 6.45) is 1.85. The summed E-state index contributed by atoms with van der Waals surface area (Å²) in [7, 11) is 0. The Balaban J connectivity index is 0.00000200. The van der Waals surface area contributed by atoms with E-state index in [1.54, 1.807) is 11.3 Å². The molecule has 2 heterocycles. The van der Waals surface area contributed by atoms with Crippen molar-refractivity contribution in [1.82, 2.24) is 20.8 Å². The van der Waals surface area contributed by atoms with Crippen LogP contribution in [0.2, 0.25) is 0 Å². The van der Waals surface area contributed by atoms with Crippen LogP contribution in [-0.4, -0.2) is 29.2 Å². The van der Waals surface area contributed by atoms with E-state index in [1.807, 2.05) is 0 Å². The van der Waals surface area contributed by atoms with Gasteiger partial charge in [0.25, 0.3) is 0 Å². The van der Waals surface area contributed by atoms with E-state index in [-0.39, 0.29) is 29.6 Å². The highest BCUT2D eigenvalue weighted by Crippen LogP contribution is 2.25. The van der Waals surface area contributed by atoms with E-state index in [0.717, 1.165) is 35.9 Å². The zero-order valence-electron chi connectivity index (χ0n) is 12.2. The van der Waals surface area contributed by atoms with Crippen LogP contribution in [0.1, 0.15) is 43.6 Å². The van der Waals surface area contributed by atoms with Gasteiger partial charge in [0.15, 0.2) is 0 Å². The van der Waals surface area contributed by atoms with Gasteiger partial charge in [0.2, 0.25) is 5.91 Å². The Morgan fingerprint density at radius 1 is 1.35 bits per heavy atom. The molecule has 1 fully saturated rings. The largest absolute Gasteiger partial charge is 0.349 e. The zero-order chi connectivity index (χ0) is 13.9. The Bertz CT molecular complexity index is 438. The summed E-state index contributed by atoms with van der Waals surface area (Å²) >= 11 is 1.58. The number of hydrogen-bond donors (Lipinski definition) is 2. The fourth-order valence-electron chi connectivity index (χ4n) is 2.02. The van der Waals surface area contributed by atoms with Crippen LogP contribution < -0.4 is 10.6 Å². The van der Waals surface area contributed by atoms with E-state index in [0.29, 0.717) is 6.54 Å². The van der Waals surface area contributed by atoms with Gasteiger partial charge in [0, 0.05) is 11.3 Å². The van der Waals surface area contributed by atoms with Gasteiger partial charge in [-0.05, 0) is 25.9 Å². The first kappa shape index (κ1) is 17.3. The van der Waals surface area contributed by atoms with Crippen LogP contribution in [0.25, 0.3) is 0 Å². The summed E-state index contributed by atoms with van der Waals surface area (Å²) in [5.74, 6) is 0.297. The molecule has 20 heavy (non-hydrogen) atoms. The second-order valence-corrected chi connectivity index (χ2v) is 7.06. The fourth-order valence-corrected chi connectivity index (χ4v) is 2.86. The van der Waals surface area contributed by atoms with Crippen molar-refractivity contribution in [2.75, 3.05) is 13.1 Å². The average molecular weight is 319 g/mol. The predicted octanol–water partition coefficient (Wildman–Crippen LogP) is 1.87. The number of aromatic nitrogens is 2. The lowest BCUT2D eigenvalue weighted by Crippen LogP contribution is -2.37. The molecule has 2 rings (SSSR count). The smallest absolute Gasteiger partial charge is 0.223 e. The topological polar surface area (TPSA) is 66.9 Å². The molecule has 0 aromatic carbocycles. The number of carbonyl (C=O) groups excluding carboxylic acids is 1. The SMILES string of the molecule is CC(C)(C)c1nnc(CNC(=O)C2CCNCC2)s1.Cl. The Kier molecular flexibility index (Phi) is 6.36. The maximum absolute atomic E-state index is 12.0. The molecule has 0 aliphatic carbocycles. The first-order valence-corrected chi connectivity index (χ1v) is 7.60. The molecular formula is C13H23ClN4OS. The van der Waals surface area contributed by atoms with Gasteiger partial charge in [-0.2, -0.15) is 0 Å². The minimum Gasteiger partial charge on any atom is -0.349 e. The van der Waals surface area contributed by atoms with Crippen LogP contribution in [0.5, 0.6) is 0 Å². The summed E-state index contributed by atoms with van der Waals surface area (Å²) < 4.78 is 0. The zero-order valence-corrected chi connectivity index (χ0v) is 13.9. The van der Waals surface area contributed by atoms with E-state index in [1.165, 1.54) is 0 Å². The van der Waals surface area contributed by atoms with Crippen molar-refractivity contribution in [2.45, 2.75) is 45.6 Å². The molecule has 0 spiro atoms. The highest BCUT2D eigenvalue weighted by Gasteiger charge is 2.22. The molecule has 1 amide bonds. The number of halogens is 1. The van der Waals surface area contributed by atoms with Crippen LogP contribution >= 0.6 is 23.7 Å². The van der Waals surface area contributed by atoms with Gasteiger partial charge in [-0.1, -0.05) is 32.1 Å². The highest BCUT2D eigenvalue weighted by atomic mass is 35.5. The average Bonchev–Trinajstić information content (AvgIpc) is 2.86. The number of nitrogens with one attached hydrogen (secondary N) is 2. The summed E-state index contributed by atoms with van der Waals surface area (Å²) in [6.45, 7) is 8.72. The molecule has 0 saturated carbocycles. The van der Waals surface area contributed by atoms with E-state index < -0.39 is 0 Å². The molecular weight excluding hydrogens is 296 g/mol. The normalized spacial score (nSPS) is 16.6. The summed E-state index contributed by atoms with van der Waals surface area (Å²) in [5.41, 5.74) is 0.0228. The molecule has 1 aromatic heterocycles. The number of rotatable bonds is 3. The van der Waals surface area contributed by atoms with Crippen LogP contribution in [-0.2, 0) is 16.8 Å². The van der Waals surface area contributed by atoms with Crippen LogP contribution in [0.3, 0.4) is 0 Å². The maximum Gasteiger partial charge on any atom is 0.223 e. The van der Waals surface area contributed by atoms with Crippen molar-refractivity contribution in [3.8, 4) is 0 Å². The van der Waals surface area contributed by atoms with E-state index in [2.05, 4.69) is 41.6 Å². The minimum absolute atomic E-state index is 0. The van der Waals surface area contributed by atoms with Crippen molar-refractivity contribution in [3.63, 3.8) is 0 Å². The summed E-state index contributed by atoms with van der Waals surface area (Å²) in [5, 5.41) is 16.5. The Hall–Kier alpha value is -0.720. The number of piperidine rings is 1. The van der Waals surface area contributed by atoms with Crippen molar-refractivity contribution < 1.29 is 4.79 Å². The van der Waals surface area contributed by atoms with Gasteiger partial charge >= 0.3 is 0 Å². The molecule has 1 saturated heterocycles. The standard InChI is InChI=1S/C13H22N4OS.ClH/c1-13(2,3)12-17-16-10(19-12)8-15-11(18)9-4-6-14-7-5-9;/h9,14H,4-8H2,1-3H3,(H,15,18);1H. The molecule has 1 aliphatic rings. The van der Waals surface area contributed by atoms with E-state index in [4.69, 9.17) is 0 Å². The number of amides is 1. The Labute approximate surface area is 130 Å². The van der Waals surface area contributed by atoms with Gasteiger partial charge in [0.1, 0.15) is 10.0 Å². The quantitative estimate of drug-likeness (QED) is 0.893. The molecule has 0 atom stereocenters. The van der Waals surface area contributed by atoms with Crippen molar-refractivity contribution in [2.24, 2.45) is 5.92 Å². The molecule has 2 N–H and O–H groups in total. The Morgan fingerprint density at radius 3 is 2.55 bits per heavy atom. The van der Waals surface area contributed by atoms with Gasteiger partial charge in [-0.25, -0.2) is 0 Å². The number of hydrogen-bond acceptors (Lipinski definition) is 5. The predicted molar refractivity (Wildman–Crippen MR) is 83.3 cm³/mol. The third-order valence-electron chi connectivity index (χ3n) is 3.23. The molecule has 0 bridgehead atoms. The van der Waals surface area contributed by atoms with Gasteiger partial charge in [-0.3, -0.25) is 4.79 Å². The van der Waals surface area contributed by atoms with Crippen molar-refractivity contribution >= 4 is 29.7 Å². The molecule has 0 unspecified atom stereocenters. The van der Waals surface area contributed by atoms with Crippen molar-refractivity contribution in [1.29, 1.82) is 0 Å². The van der Waals surface area contributed by atoms with Gasteiger partial charge in [-0.15, -0.1) is 22.6 Å². The molecule has 1 aliphatic heterocycles. The summed E-state index contributed by atoms with van der Waals surface area (Å²) in [4.78, 5) is 12.0. The van der Waals surface area contributed by atoms with Crippen LogP contribution in [0.15, 0.2) is 0 Å².